The van der Waals surface area contributed by atoms with E-state index < -0.39 is 14.1 Å². The van der Waals surface area contributed by atoms with E-state index in [0.29, 0.717) is 6.04 Å². The van der Waals surface area contributed by atoms with E-state index in [1.807, 2.05) is 0 Å². The second-order valence-corrected chi connectivity index (χ2v) is 14.1. The Labute approximate surface area is 171 Å². The van der Waals surface area contributed by atoms with E-state index in [0.717, 1.165) is 24.9 Å². The molecule has 0 N–H and O–H groups in total. The average Bonchev–Trinajstić information content (AvgIpc) is 3.00. The molecule has 1 heterocycles. The minimum atomic E-state index is -2.04. The molecule has 2 aromatic carbocycles. The van der Waals surface area contributed by atoms with Gasteiger partial charge < -0.3 is 4.43 Å². The maximum atomic E-state index is 7.01. The van der Waals surface area contributed by atoms with Gasteiger partial charge in [-0.05, 0) is 30.1 Å². The third-order valence-electron chi connectivity index (χ3n) is 6.27. The summed E-state index contributed by atoms with van der Waals surface area (Å²) >= 11 is 0. The van der Waals surface area contributed by atoms with Crippen LogP contribution in [-0.4, -0.2) is 19.4 Å². The lowest BCUT2D eigenvalue weighted by molar-refractivity contribution is -0.290. The minimum absolute atomic E-state index is 0.118. The van der Waals surface area contributed by atoms with Crippen LogP contribution in [0.15, 0.2) is 60.7 Å². The predicted octanol–water partition coefficient (Wildman–Crippen LogP) is 6.48. The molecule has 3 rings (SSSR count). The van der Waals surface area contributed by atoms with Crippen molar-refractivity contribution < 1.29 is 9.26 Å². The first-order valence-electron chi connectivity index (χ1n) is 10.4. The van der Waals surface area contributed by atoms with E-state index in [2.05, 4.69) is 107 Å². The van der Waals surface area contributed by atoms with Crippen molar-refractivity contribution in [3.63, 3.8) is 0 Å². The summed E-state index contributed by atoms with van der Waals surface area (Å²) in [5.74, 6) is -0.709. The maximum Gasteiger partial charge on any atom is 0.206 e. The normalized spacial score (nSPS) is 23.9. The highest BCUT2D eigenvalue weighted by atomic mass is 28.4. The van der Waals surface area contributed by atoms with Gasteiger partial charge in [-0.25, -0.2) is 0 Å². The van der Waals surface area contributed by atoms with Gasteiger partial charge in [0.05, 0.1) is 0 Å². The third-order valence-corrected chi connectivity index (χ3v) is 10.7. The summed E-state index contributed by atoms with van der Waals surface area (Å²) in [7, 11) is -2.04. The van der Waals surface area contributed by atoms with Gasteiger partial charge >= 0.3 is 0 Å². The SMILES string of the molecule is CC[C@@H]1C[C@](O[Si](C)(C)C(C)(C)C)(c2ccccc2)ON1Cc1ccccc1. The molecule has 0 unspecified atom stereocenters. The molecule has 4 heteroatoms. The lowest BCUT2D eigenvalue weighted by Crippen LogP contribution is -2.48. The number of hydroxylamine groups is 2. The molecule has 0 amide bonds. The van der Waals surface area contributed by atoms with Crippen LogP contribution < -0.4 is 0 Å². The highest BCUT2D eigenvalue weighted by Gasteiger charge is 2.53. The van der Waals surface area contributed by atoms with Crippen LogP contribution in [0.25, 0.3) is 0 Å². The van der Waals surface area contributed by atoms with Gasteiger partial charge in [-0.2, -0.15) is 5.06 Å². The molecule has 28 heavy (non-hydrogen) atoms. The van der Waals surface area contributed by atoms with Crippen molar-refractivity contribution >= 4 is 8.32 Å². The van der Waals surface area contributed by atoms with E-state index in [9.17, 15) is 0 Å². The zero-order valence-corrected chi connectivity index (χ0v) is 19.2. The van der Waals surface area contributed by atoms with Crippen molar-refractivity contribution in [2.75, 3.05) is 0 Å². The Hall–Kier alpha value is -1.46. The average molecular weight is 398 g/mol. The monoisotopic (exact) mass is 397 g/mol. The van der Waals surface area contributed by atoms with Crippen LogP contribution in [0.2, 0.25) is 18.1 Å². The van der Waals surface area contributed by atoms with Crippen molar-refractivity contribution in [2.45, 2.75) is 77.0 Å². The number of nitrogens with zero attached hydrogens (tertiary/aromatic N) is 1. The maximum absolute atomic E-state index is 7.01. The molecule has 0 bridgehead atoms. The van der Waals surface area contributed by atoms with Gasteiger partial charge in [0.15, 0.2) is 8.32 Å². The number of hydrogen-bond acceptors (Lipinski definition) is 3. The highest BCUT2D eigenvalue weighted by molar-refractivity contribution is 6.74. The zero-order valence-electron chi connectivity index (χ0n) is 18.2. The van der Waals surface area contributed by atoms with Crippen LogP contribution in [0.1, 0.15) is 51.7 Å². The third kappa shape index (κ3) is 4.41. The van der Waals surface area contributed by atoms with E-state index in [4.69, 9.17) is 9.26 Å². The van der Waals surface area contributed by atoms with Crippen molar-refractivity contribution in [2.24, 2.45) is 0 Å². The molecule has 1 aliphatic heterocycles. The number of rotatable bonds is 6. The number of benzene rings is 2. The van der Waals surface area contributed by atoms with E-state index >= 15 is 0 Å². The minimum Gasteiger partial charge on any atom is -0.385 e. The summed E-state index contributed by atoms with van der Waals surface area (Å²) in [4.78, 5) is 6.72. The first kappa shape index (κ1) is 21.3. The quantitative estimate of drug-likeness (QED) is 0.521. The lowest BCUT2D eigenvalue weighted by atomic mass is 9.98. The molecule has 2 aromatic rings. The van der Waals surface area contributed by atoms with Gasteiger partial charge in [0.2, 0.25) is 5.79 Å². The Morgan fingerprint density at radius 1 is 1.04 bits per heavy atom. The second-order valence-electron chi connectivity index (χ2n) is 9.40. The van der Waals surface area contributed by atoms with Crippen molar-refractivity contribution in [3.8, 4) is 0 Å². The van der Waals surface area contributed by atoms with Crippen LogP contribution >= 0.6 is 0 Å². The van der Waals surface area contributed by atoms with Gasteiger partial charge in [0, 0.05) is 24.6 Å². The molecule has 0 aromatic heterocycles. The van der Waals surface area contributed by atoms with E-state index in [-0.39, 0.29) is 5.04 Å². The Kier molecular flexibility index (Phi) is 6.16. The summed E-state index contributed by atoms with van der Waals surface area (Å²) < 4.78 is 7.01. The van der Waals surface area contributed by atoms with Gasteiger partial charge in [-0.1, -0.05) is 88.4 Å². The van der Waals surface area contributed by atoms with Crippen molar-refractivity contribution in [3.05, 3.63) is 71.8 Å². The zero-order chi connectivity index (χ0) is 20.4. The smallest absolute Gasteiger partial charge is 0.206 e. The Balaban J connectivity index is 1.96. The second kappa shape index (κ2) is 8.11. The Bertz CT molecular complexity index is 757. The molecule has 0 spiro atoms. The standard InChI is InChI=1S/C24H35NO2Si/c1-7-22-18-24(21-16-12-9-13-17-21,27-28(5,6)23(2,3)4)26-25(22)19-20-14-10-8-11-15-20/h8-17,22H,7,18-19H2,1-6H3/t22-,24+/m1/s1. The van der Waals surface area contributed by atoms with E-state index in [1.165, 1.54) is 5.56 Å². The molecule has 0 radical (unpaired) electrons. The van der Waals surface area contributed by atoms with Gasteiger partial charge in [0.1, 0.15) is 0 Å². The summed E-state index contributed by atoms with van der Waals surface area (Å²) in [6.07, 6.45) is 1.88. The van der Waals surface area contributed by atoms with Crippen molar-refractivity contribution in [1.82, 2.24) is 5.06 Å². The topological polar surface area (TPSA) is 21.7 Å². The fraction of sp³-hybridized carbons (Fsp3) is 0.500. The summed E-state index contributed by atoms with van der Waals surface area (Å²) in [5.41, 5.74) is 2.38. The molecule has 152 valence electrons. The van der Waals surface area contributed by atoms with Gasteiger partial charge in [0.25, 0.3) is 0 Å². The fourth-order valence-corrected chi connectivity index (χ4v) is 4.90. The molecule has 1 saturated heterocycles. The largest absolute Gasteiger partial charge is 0.385 e. The van der Waals surface area contributed by atoms with Crippen LogP contribution in [0.4, 0.5) is 0 Å². The Morgan fingerprint density at radius 3 is 2.14 bits per heavy atom. The lowest BCUT2D eigenvalue weighted by Gasteiger charge is -2.43. The van der Waals surface area contributed by atoms with Crippen LogP contribution in [-0.2, 0) is 21.6 Å². The fourth-order valence-electron chi connectivity index (χ4n) is 3.53. The van der Waals surface area contributed by atoms with E-state index in [1.54, 1.807) is 0 Å². The Morgan fingerprint density at radius 2 is 1.61 bits per heavy atom. The summed E-state index contributed by atoms with van der Waals surface area (Å²) in [5, 5.41) is 2.27. The molecule has 1 fully saturated rings. The van der Waals surface area contributed by atoms with Gasteiger partial charge in [-0.15, -0.1) is 0 Å². The molecule has 0 aliphatic carbocycles. The number of hydrogen-bond donors (Lipinski definition) is 0. The predicted molar refractivity (Wildman–Crippen MR) is 118 cm³/mol. The van der Waals surface area contributed by atoms with Crippen LogP contribution in [0, 0.1) is 0 Å². The first-order chi connectivity index (χ1) is 13.2. The molecule has 3 nitrogen and oxygen atoms in total. The first-order valence-corrected chi connectivity index (χ1v) is 13.3. The highest BCUT2D eigenvalue weighted by Crippen LogP contribution is 2.48. The van der Waals surface area contributed by atoms with Crippen molar-refractivity contribution in [1.29, 1.82) is 0 Å². The van der Waals surface area contributed by atoms with Gasteiger partial charge in [-0.3, -0.25) is 4.84 Å². The molecule has 2 atom stereocenters. The van der Waals surface area contributed by atoms with Crippen LogP contribution in [0.3, 0.4) is 0 Å². The summed E-state index contributed by atoms with van der Waals surface area (Å²) in [6.45, 7) is 14.5. The van der Waals surface area contributed by atoms with Crippen LogP contribution in [0.5, 0.6) is 0 Å². The molecule has 0 saturated carbocycles. The summed E-state index contributed by atoms with van der Waals surface area (Å²) in [6, 6.07) is 21.4. The molecular weight excluding hydrogens is 362 g/mol. The molecular formula is C24H35NO2Si. The molecule has 1 aliphatic rings.